The number of benzene rings is 2. The summed E-state index contributed by atoms with van der Waals surface area (Å²) < 4.78 is 21.5. The standard InChI is InChI=1S/C33H44O8/c1-23(2)31(36)40-21-27(34)9-7-19-38-29-15-11-25(12-16-29)33(5,6)26-13-17-30(18-14-26)39-20-8-10-28(35)22-41-32(37)24(3)4/h11-18,27-28,34-35H,1,3,7-10,19-22H2,2,4-6H3. The highest BCUT2D eigenvalue weighted by Gasteiger charge is 2.23. The van der Waals surface area contributed by atoms with Crippen LogP contribution >= 0.6 is 0 Å². The maximum Gasteiger partial charge on any atom is 0.333 e. The second-order valence-corrected chi connectivity index (χ2v) is 10.7. The van der Waals surface area contributed by atoms with E-state index in [-0.39, 0.29) is 18.6 Å². The zero-order valence-corrected chi connectivity index (χ0v) is 24.7. The zero-order valence-electron chi connectivity index (χ0n) is 24.7. The van der Waals surface area contributed by atoms with Gasteiger partial charge in [-0.2, -0.15) is 0 Å². The molecule has 2 aromatic rings. The zero-order chi connectivity index (χ0) is 30.4. The first-order valence-electron chi connectivity index (χ1n) is 13.9. The Balaban J connectivity index is 1.75. The molecule has 0 saturated heterocycles. The molecule has 0 spiro atoms. The third-order valence-electron chi connectivity index (χ3n) is 6.56. The summed E-state index contributed by atoms with van der Waals surface area (Å²) in [5.74, 6) is 0.488. The van der Waals surface area contributed by atoms with Crippen molar-refractivity contribution in [1.82, 2.24) is 0 Å². The Kier molecular flexibility index (Phi) is 13.6. The highest BCUT2D eigenvalue weighted by molar-refractivity contribution is 5.87. The van der Waals surface area contributed by atoms with Crippen LogP contribution in [0.15, 0.2) is 72.8 Å². The maximum atomic E-state index is 11.4. The van der Waals surface area contributed by atoms with Crippen LogP contribution in [0.4, 0.5) is 0 Å². The Bertz CT molecular complexity index is 1050. The number of aliphatic hydroxyl groups excluding tert-OH is 2. The second-order valence-electron chi connectivity index (χ2n) is 10.7. The van der Waals surface area contributed by atoms with Gasteiger partial charge in [-0.05, 0) is 74.9 Å². The van der Waals surface area contributed by atoms with Crippen LogP contribution in [0, 0.1) is 0 Å². The van der Waals surface area contributed by atoms with Crippen molar-refractivity contribution < 1.29 is 38.7 Å². The number of esters is 2. The van der Waals surface area contributed by atoms with Gasteiger partial charge in [0.15, 0.2) is 0 Å². The van der Waals surface area contributed by atoms with E-state index in [0.29, 0.717) is 50.0 Å². The summed E-state index contributed by atoms with van der Waals surface area (Å²) in [6.07, 6.45) is 0.698. The van der Waals surface area contributed by atoms with Gasteiger partial charge in [-0.25, -0.2) is 9.59 Å². The molecule has 2 atom stereocenters. The minimum atomic E-state index is -0.736. The molecule has 0 radical (unpaired) electrons. The lowest BCUT2D eigenvalue weighted by molar-refractivity contribution is -0.142. The van der Waals surface area contributed by atoms with Gasteiger partial charge in [0.25, 0.3) is 0 Å². The van der Waals surface area contributed by atoms with Crippen LogP contribution in [0.2, 0.25) is 0 Å². The van der Waals surface area contributed by atoms with Crippen LogP contribution in [0.25, 0.3) is 0 Å². The van der Waals surface area contributed by atoms with E-state index in [9.17, 15) is 19.8 Å². The first-order chi connectivity index (χ1) is 19.4. The average Bonchev–Trinajstić information content (AvgIpc) is 2.95. The van der Waals surface area contributed by atoms with Gasteiger partial charge in [-0.15, -0.1) is 0 Å². The molecule has 0 aliphatic rings. The van der Waals surface area contributed by atoms with Gasteiger partial charge in [-0.3, -0.25) is 0 Å². The average molecular weight is 569 g/mol. The van der Waals surface area contributed by atoms with Crippen molar-refractivity contribution in [1.29, 1.82) is 0 Å². The number of carbonyl (C=O) groups excluding carboxylic acids is 2. The predicted octanol–water partition coefficient (Wildman–Crippen LogP) is 5.29. The molecule has 0 fully saturated rings. The summed E-state index contributed by atoms with van der Waals surface area (Å²) in [6.45, 7) is 15.2. The topological polar surface area (TPSA) is 112 Å². The van der Waals surface area contributed by atoms with E-state index in [1.165, 1.54) is 0 Å². The van der Waals surface area contributed by atoms with Crippen molar-refractivity contribution in [2.24, 2.45) is 0 Å². The minimum Gasteiger partial charge on any atom is -0.494 e. The maximum absolute atomic E-state index is 11.4. The lowest BCUT2D eigenvalue weighted by atomic mass is 9.78. The molecular weight excluding hydrogens is 524 g/mol. The van der Waals surface area contributed by atoms with Gasteiger partial charge < -0.3 is 29.2 Å². The summed E-state index contributed by atoms with van der Waals surface area (Å²) in [4.78, 5) is 22.8. The molecule has 2 aromatic carbocycles. The molecule has 8 nitrogen and oxygen atoms in total. The summed E-state index contributed by atoms with van der Waals surface area (Å²) in [6, 6.07) is 15.9. The van der Waals surface area contributed by atoms with E-state index in [4.69, 9.17) is 18.9 Å². The van der Waals surface area contributed by atoms with E-state index in [0.717, 1.165) is 22.6 Å². The number of rotatable bonds is 18. The van der Waals surface area contributed by atoms with Crippen LogP contribution in [0.5, 0.6) is 11.5 Å². The molecular formula is C33H44O8. The molecule has 41 heavy (non-hydrogen) atoms. The molecule has 224 valence electrons. The second kappa shape index (κ2) is 16.6. The monoisotopic (exact) mass is 568 g/mol. The molecule has 0 aromatic heterocycles. The Morgan fingerprint density at radius 1 is 0.707 bits per heavy atom. The van der Waals surface area contributed by atoms with Crippen LogP contribution in [-0.2, 0) is 24.5 Å². The minimum absolute atomic E-state index is 0.0525. The normalized spacial score (nSPS) is 12.6. The van der Waals surface area contributed by atoms with Crippen molar-refractivity contribution in [2.45, 2.75) is 71.0 Å². The number of hydrogen-bond acceptors (Lipinski definition) is 8. The molecule has 0 amide bonds. The van der Waals surface area contributed by atoms with Gasteiger partial charge in [0.1, 0.15) is 24.7 Å². The van der Waals surface area contributed by atoms with Crippen molar-refractivity contribution >= 4 is 11.9 Å². The summed E-state index contributed by atoms with van der Waals surface area (Å²) in [5.41, 5.74) is 2.64. The van der Waals surface area contributed by atoms with Gasteiger partial charge in [0.05, 0.1) is 25.4 Å². The molecule has 0 aliphatic heterocycles. The first kappa shape index (κ1) is 33.6. The van der Waals surface area contributed by atoms with E-state index >= 15 is 0 Å². The number of aliphatic hydroxyl groups is 2. The number of carbonyl (C=O) groups is 2. The lowest BCUT2D eigenvalue weighted by Crippen LogP contribution is -2.20. The fourth-order valence-corrected chi connectivity index (χ4v) is 3.88. The van der Waals surface area contributed by atoms with E-state index in [2.05, 4.69) is 27.0 Å². The lowest BCUT2D eigenvalue weighted by Gasteiger charge is -2.26. The Morgan fingerprint density at radius 3 is 1.37 bits per heavy atom. The summed E-state index contributed by atoms with van der Waals surface area (Å²) in [7, 11) is 0. The van der Waals surface area contributed by atoms with Crippen LogP contribution in [0.1, 0.15) is 64.5 Å². The smallest absolute Gasteiger partial charge is 0.333 e. The molecule has 0 bridgehead atoms. The Labute approximate surface area is 243 Å². The van der Waals surface area contributed by atoms with E-state index < -0.39 is 24.1 Å². The molecule has 0 saturated carbocycles. The van der Waals surface area contributed by atoms with E-state index in [1.54, 1.807) is 13.8 Å². The predicted molar refractivity (Wildman–Crippen MR) is 158 cm³/mol. The molecule has 0 heterocycles. The van der Waals surface area contributed by atoms with Gasteiger partial charge in [0, 0.05) is 16.6 Å². The van der Waals surface area contributed by atoms with Crippen LogP contribution < -0.4 is 9.47 Å². The largest absolute Gasteiger partial charge is 0.494 e. The van der Waals surface area contributed by atoms with Gasteiger partial charge in [0.2, 0.25) is 0 Å². The SMILES string of the molecule is C=C(C)C(=O)OCC(O)CCCOc1ccc(C(C)(C)c2ccc(OCCCC(O)COC(=O)C(=C)C)cc2)cc1. The van der Waals surface area contributed by atoms with Crippen LogP contribution in [-0.4, -0.2) is 60.8 Å². The van der Waals surface area contributed by atoms with Crippen molar-refractivity contribution in [2.75, 3.05) is 26.4 Å². The highest BCUT2D eigenvalue weighted by atomic mass is 16.5. The van der Waals surface area contributed by atoms with Crippen molar-refractivity contribution in [3.8, 4) is 11.5 Å². The van der Waals surface area contributed by atoms with E-state index in [1.807, 2.05) is 48.5 Å². The first-order valence-corrected chi connectivity index (χ1v) is 13.9. The Morgan fingerprint density at radius 2 is 1.05 bits per heavy atom. The summed E-state index contributed by atoms with van der Waals surface area (Å²) in [5, 5.41) is 19.9. The quantitative estimate of drug-likeness (QED) is 0.142. The third-order valence-corrected chi connectivity index (χ3v) is 6.56. The molecule has 0 aliphatic carbocycles. The van der Waals surface area contributed by atoms with Gasteiger partial charge >= 0.3 is 11.9 Å². The summed E-state index contributed by atoms with van der Waals surface area (Å²) >= 11 is 0. The van der Waals surface area contributed by atoms with Crippen molar-refractivity contribution in [3.63, 3.8) is 0 Å². The fraction of sp³-hybridized carbons (Fsp3) is 0.455. The van der Waals surface area contributed by atoms with Crippen molar-refractivity contribution in [3.05, 3.63) is 84.0 Å². The number of ether oxygens (including phenoxy) is 4. The fourth-order valence-electron chi connectivity index (χ4n) is 3.88. The molecule has 2 N–H and O–H groups in total. The third kappa shape index (κ3) is 11.8. The number of hydrogen-bond donors (Lipinski definition) is 2. The van der Waals surface area contributed by atoms with Gasteiger partial charge in [-0.1, -0.05) is 51.3 Å². The molecule has 2 rings (SSSR count). The molecule has 2 unspecified atom stereocenters. The van der Waals surface area contributed by atoms with Crippen LogP contribution in [0.3, 0.4) is 0 Å². The Hall–Kier alpha value is -3.62. The highest BCUT2D eigenvalue weighted by Crippen LogP contribution is 2.33. The molecule has 8 heteroatoms.